The van der Waals surface area contributed by atoms with Gasteiger partial charge in [0.2, 0.25) is 11.6 Å². The van der Waals surface area contributed by atoms with Gasteiger partial charge in [0.15, 0.2) is 17.4 Å². The zero-order chi connectivity index (χ0) is 17.2. The lowest BCUT2D eigenvalue weighted by Crippen LogP contribution is -2.50. The smallest absolute Gasteiger partial charge is 0.234 e. The van der Waals surface area contributed by atoms with Crippen molar-refractivity contribution in [1.82, 2.24) is 9.88 Å². The molecule has 7 heteroatoms. The van der Waals surface area contributed by atoms with Crippen molar-refractivity contribution in [3.63, 3.8) is 0 Å². The van der Waals surface area contributed by atoms with Crippen LogP contribution in [0.2, 0.25) is 0 Å². The molecule has 1 aromatic carbocycles. The summed E-state index contributed by atoms with van der Waals surface area (Å²) in [5.74, 6) is 2.74. The van der Waals surface area contributed by atoms with E-state index in [0.29, 0.717) is 24.1 Å². The fraction of sp³-hybridized carbons (Fsp3) is 0.444. The Morgan fingerprint density at radius 3 is 2.72 bits per heavy atom. The van der Waals surface area contributed by atoms with Crippen LogP contribution < -0.4 is 14.4 Å². The van der Waals surface area contributed by atoms with Crippen molar-refractivity contribution < 1.29 is 13.9 Å². The fourth-order valence-electron chi connectivity index (χ4n) is 3.28. The molecule has 0 N–H and O–H groups in total. The Labute approximate surface area is 146 Å². The first-order valence-electron chi connectivity index (χ1n) is 8.46. The fourth-order valence-corrected chi connectivity index (χ4v) is 3.28. The Kier molecular flexibility index (Phi) is 4.20. The van der Waals surface area contributed by atoms with Crippen LogP contribution in [0.5, 0.6) is 11.5 Å². The lowest BCUT2D eigenvalue weighted by molar-refractivity contribution is 0.0569. The molecule has 1 unspecified atom stereocenters. The van der Waals surface area contributed by atoms with Gasteiger partial charge in [-0.05, 0) is 12.1 Å². The van der Waals surface area contributed by atoms with Gasteiger partial charge in [0.05, 0.1) is 0 Å². The number of aryl methyl sites for hydroxylation is 1. The molecule has 1 atom stereocenters. The molecule has 0 radical (unpaired) electrons. The maximum absolute atomic E-state index is 9.17. The zero-order valence-corrected chi connectivity index (χ0v) is 14.1. The summed E-state index contributed by atoms with van der Waals surface area (Å²) in [5.41, 5.74) is 0.367. The first kappa shape index (κ1) is 15.8. The summed E-state index contributed by atoms with van der Waals surface area (Å²) in [7, 11) is 0. The zero-order valence-electron chi connectivity index (χ0n) is 14.1. The van der Waals surface area contributed by atoms with E-state index in [1.807, 2.05) is 24.3 Å². The van der Waals surface area contributed by atoms with Gasteiger partial charge in [-0.2, -0.15) is 5.26 Å². The van der Waals surface area contributed by atoms with Crippen LogP contribution in [0.25, 0.3) is 0 Å². The molecule has 0 saturated carbocycles. The number of ether oxygens (including phenoxy) is 2. The average Bonchev–Trinajstić information content (AvgIpc) is 3.03. The number of hydrogen-bond donors (Lipinski definition) is 0. The molecule has 0 amide bonds. The van der Waals surface area contributed by atoms with Gasteiger partial charge in [-0.15, -0.1) is 0 Å². The largest absolute Gasteiger partial charge is 0.486 e. The van der Waals surface area contributed by atoms with Crippen LogP contribution in [-0.2, 0) is 0 Å². The van der Waals surface area contributed by atoms with E-state index in [2.05, 4.69) is 20.9 Å². The van der Waals surface area contributed by atoms with Crippen LogP contribution in [-0.4, -0.2) is 55.3 Å². The first-order valence-corrected chi connectivity index (χ1v) is 8.46. The number of aromatic nitrogens is 1. The third kappa shape index (κ3) is 3.26. The number of para-hydroxylation sites is 2. The first-order chi connectivity index (χ1) is 12.2. The quantitative estimate of drug-likeness (QED) is 0.843. The standard InChI is InChI=1S/C18H20N4O3/c1-13-20-15(10-19)18(24-13)22-8-6-21(7-9-22)11-14-12-23-16-4-2-3-5-17(16)25-14/h2-5,14H,6-9,11-12H2,1H3. The highest BCUT2D eigenvalue weighted by atomic mass is 16.6. The predicted octanol–water partition coefficient (Wildman–Crippen LogP) is 1.82. The van der Waals surface area contributed by atoms with E-state index < -0.39 is 0 Å². The second kappa shape index (κ2) is 6.65. The summed E-state index contributed by atoms with van der Waals surface area (Å²) in [6, 6.07) is 9.87. The molecule has 130 valence electrons. The molecule has 4 rings (SSSR count). The monoisotopic (exact) mass is 340 g/mol. The number of anilines is 1. The van der Waals surface area contributed by atoms with Gasteiger partial charge in [-0.25, -0.2) is 4.98 Å². The van der Waals surface area contributed by atoms with E-state index in [1.54, 1.807) is 6.92 Å². The van der Waals surface area contributed by atoms with Crippen molar-refractivity contribution in [2.24, 2.45) is 0 Å². The molecule has 1 saturated heterocycles. The second-order valence-electron chi connectivity index (χ2n) is 6.28. The SMILES string of the molecule is Cc1nc(C#N)c(N2CCN(CC3COc4ccccc4O3)CC2)o1. The maximum atomic E-state index is 9.17. The summed E-state index contributed by atoms with van der Waals surface area (Å²) in [4.78, 5) is 8.56. The topological polar surface area (TPSA) is 74.8 Å². The van der Waals surface area contributed by atoms with Crippen molar-refractivity contribution in [3.8, 4) is 17.6 Å². The highest BCUT2D eigenvalue weighted by molar-refractivity contribution is 5.48. The summed E-state index contributed by atoms with van der Waals surface area (Å²) in [6.45, 7) is 6.51. The second-order valence-corrected chi connectivity index (χ2v) is 6.28. The van der Waals surface area contributed by atoms with E-state index in [4.69, 9.17) is 13.9 Å². The van der Waals surface area contributed by atoms with E-state index >= 15 is 0 Å². The van der Waals surface area contributed by atoms with E-state index in [-0.39, 0.29) is 6.10 Å². The third-order valence-corrected chi connectivity index (χ3v) is 4.51. The number of piperazine rings is 1. The van der Waals surface area contributed by atoms with Gasteiger partial charge < -0.3 is 18.8 Å². The number of rotatable bonds is 3. The molecule has 25 heavy (non-hydrogen) atoms. The minimum Gasteiger partial charge on any atom is -0.486 e. The number of nitrogens with zero attached hydrogens (tertiary/aromatic N) is 4. The summed E-state index contributed by atoms with van der Waals surface area (Å²) >= 11 is 0. The highest BCUT2D eigenvalue weighted by Gasteiger charge is 2.27. The van der Waals surface area contributed by atoms with E-state index in [9.17, 15) is 5.26 Å². The normalized spacial score (nSPS) is 20.3. The van der Waals surface area contributed by atoms with E-state index in [1.165, 1.54) is 0 Å². The van der Waals surface area contributed by atoms with E-state index in [0.717, 1.165) is 44.2 Å². The van der Waals surface area contributed by atoms with Gasteiger partial charge in [-0.3, -0.25) is 4.90 Å². The Morgan fingerprint density at radius 1 is 1.20 bits per heavy atom. The van der Waals surface area contributed by atoms with Gasteiger partial charge in [0.1, 0.15) is 18.8 Å². The number of oxazole rings is 1. The molecular formula is C18H20N4O3. The Bertz CT molecular complexity index is 790. The lowest BCUT2D eigenvalue weighted by atomic mass is 10.2. The van der Waals surface area contributed by atoms with Crippen molar-refractivity contribution in [1.29, 1.82) is 5.26 Å². The molecule has 3 heterocycles. The minimum absolute atomic E-state index is 0.0312. The number of hydrogen-bond acceptors (Lipinski definition) is 7. The molecule has 2 aliphatic rings. The van der Waals surface area contributed by atoms with Crippen LogP contribution in [0.15, 0.2) is 28.7 Å². The molecule has 1 aromatic heterocycles. The number of nitriles is 1. The molecule has 0 aliphatic carbocycles. The molecule has 0 spiro atoms. The van der Waals surface area contributed by atoms with Crippen LogP contribution in [0.3, 0.4) is 0 Å². The van der Waals surface area contributed by atoms with Gasteiger partial charge in [0, 0.05) is 39.6 Å². The van der Waals surface area contributed by atoms with Crippen LogP contribution >= 0.6 is 0 Å². The third-order valence-electron chi connectivity index (χ3n) is 4.51. The molecule has 2 aromatic rings. The average molecular weight is 340 g/mol. The van der Waals surface area contributed by atoms with Gasteiger partial charge in [0.25, 0.3) is 0 Å². The highest BCUT2D eigenvalue weighted by Crippen LogP contribution is 2.31. The Balaban J connectivity index is 1.33. The predicted molar refractivity (Wildman–Crippen MR) is 91.0 cm³/mol. The summed E-state index contributed by atoms with van der Waals surface area (Å²) in [6.07, 6.45) is 0.0312. The van der Waals surface area contributed by atoms with Crippen LogP contribution in [0.4, 0.5) is 5.88 Å². The summed E-state index contributed by atoms with van der Waals surface area (Å²) < 4.78 is 17.4. The summed E-state index contributed by atoms with van der Waals surface area (Å²) in [5, 5.41) is 9.17. The Morgan fingerprint density at radius 2 is 1.96 bits per heavy atom. The maximum Gasteiger partial charge on any atom is 0.234 e. The number of benzene rings is 1. The molecular weight excluding hydrogens is 320 g/mol. The van der Waals surface area contributed by atoms with Gasteiger partial charge in [-0.1, -0.05) is 12.1 Å². The van der Waals surface area contributed by atoms with Crippen molar-refractivity contribution in [2.45, 2.75) is 13.0 Å². The molecule has 0 bridgehead atoms. The minimum atomic E-state index is 0.0312. The number of fused-ring (bicyclic) bond motifs is 1. The van der Waals surface area contributed by atoms with Gasteiger partial charge >= 0.3 is 0 Å². The van der Waals surface area contributed by atoms with Crippen molar-refractivity contribution >= 4 is 5.88 Å². The van der Waals surface area contributed by atoms with Crippen molar-refractivity contribution in [2.75, 3.05) is 44.2 Å². The van der Waals surface area contributed by atoms with Crippen LogP contribution in [0.1, 0.15) is 11.6 Å². The van der Waals surface area contributed by atoms with Crippen molar-refractivity contribution in [3.05, 3.63) is 35.9 Å². The Hall–Kier alpha value is -2.72. The molecule has 1 fully saturated rings. The molecule has 2 aliphatic heterocycles. The van der Waals surface area contributed by atoms with Crippen LogP contribution in [0, 0.1) is 18.3 Å². The molecule has 7 nitrogen and oxygen atoms in total. The lowest BCUT2D eigenvalue weighted by Gasteiger charge is -2.37.